The number of ketones is 1. The van der Waals surface area contributed by atoms with Gasteiger partial charge < -0.3 is 4.98 Å². The molecule has 0 radical (unpaired) electrons. The molecular formula is C20H15N3O. The fraction of sp³-hybridized carbons (Fsp3) is 0.0500. The topological polar surface area (TPSA) is 58.6 Å². The minimum Gasteiger partial charge on any atom is -0.361 e. The molecule has 4 heteroatoms. The van der Waals surface area contributed by atoms with Crippen molar-refractivity contribution >= 4 is 16.7 Å². The molecule has 0 saturated carbocycles. The van der Waals surface area contributed by atoms with Crippen molar-refractivity contribution in [2.45, 2.75) is 6.42 Å². The van der Waals surface area contributed by atoms with E-state index in [0.717, 1.165) is 27.6 Å². The van der Waals surface area contributed by atoms with Gasteiger partial charge >= 0.3 is 0 Å². The van der Waals surface area contributed by atoms with E-state index in [9.17, 15) is 4.79 Å². The maximum Gasteiger partial charge on any atom is 0.185 e. The maximum absolute atomic E-state index is 12.3. The zero-order valence-corrected chi connectivity index (χ0v) is 12.9. The number of rotatable bonds is 4. The SMILES string of the molecule is O=C(Cc1cncc(-c2cccc3[nH]ccc23)c1)c1ccccn1. The molecule has 116 valence electrons. The van der Waals surface area contributed by atoms with Gasteiger partial charge in [-0.05, 0) is 41.5 Å². The van der Waals surface area contributed by atoms with E-state index in [2.05, 4.69) is 27.1 Å². The molecule has 4 rings (SSSR count). The van der Waals surface area contributed by atoms with Crippen LogP contribution in [0.3, 0.4) is 0 Å². The third kappa shape index (κ3) is 2.70. The van der Waals surface area contributed by atoms with Crippen molar-refractivity contribution in [2.75, 3.05) is 0 Å². The van der Waals surface area contributed by atoms with Crippen molar-refractivity contribution in [3.8, 4) is 11.1 Å². The highest BCUT2D eigenvalue weighted by atomic mass is 16.1. The van der Waals surface area contributed by atoms with Crippen LogP contribution < -0.4 is 0 Å². The van der Waals surface area contributed by atoms with Crippen molar-refractivity contribution in [2.24, 2.45) is 0 Å². The van der Waals surface area contributed by atoms with E-state index >= 15 is 0 Å². The summed E-state index contributed by atoms with van der Waals surface area (Å²) >= 11 is 0. The van der Waals surface area contributed by atoms with Crippen LogP contribution in [0.5, 0.6) is 0 Å². The Kier molecular flexibility index (Phi) is 3.63. The first kappa shape index (κ1) is 14.3. The molecule has 0 unspecified atom stereocenters. The summed E-state index contributed by atoms with van der Waals surface area (Å²) in [7, 11) is 0. The van der Waals surface area contributed by atoms with Gasteiger partial charge in [0.1, 0.15) is 5.69 Å². The Morgan fingerprint density at radius 1 is 1.04 bits per heavy atom. The summed E-state index contributed by atoms with van der Waals surface area (Å²) in [6, 6.07) is 15.6. The predicted octanol–water partition coefficient (Wildman–Crippen LogP) is 4.05. The summed E-state index contributed by atoms with van der Waals surface area (Å²) in [4.78, 5) is 24.0. The normalized spacial score (nSPS) is 10.8. The van der Waals surface area contributed by atoms with Crippen molar-refractivity contribution in [1.29, 1.82) is 0 Å². The van der Waals surface area contributed by atoms with Gasteiger partial charge in [0.2, 0.25) is 0 Å². The zero-order valence-electron chi connectivity index (χ0n) is 12.9. The van der Waals surface area contributed by atoms with E-state index in [1.54, 1.807) is 24.5 Å². The highest BCUT2D eigenvalue weighted by molar-refractivity contribution is 5.97. The van der Waals surface area contributed by atoms with Crippen molar-refractivity contribution in [1.82, 2.24) is 15.0 Å². The Morgan fingerprint density at radius 3 is 2.88 bits per heavy atom. The smallest absolute Gasteiger partial charge is 0.185 e. The van der Waals surface area contributed by atoms with E-state index in [-0.39, 0.29) is 5.78 Å². The van der Waals surface area contributed by atoms with Gasteiger partial charge in [-0.3, -0.25) is 14.8 Å². The Balaban J connectivity index is 1.67. The molecule has 0 saturated heterocycles. The average molecular weight is 313 g/mol. The summed E-state index contributed by atoms with van der Waals surface area (Å²) in [6.45, 7) is 0. The number of aromatic amines is 1. The standard InChI is InChI=1S/C20H15N3O/c24-20(19-5-1-2-8-22-19)11-14-10-15(13-21-12-14)16-4-3-6-18-17(16)7-9-23-18/h1-10,12-13,23H,11H2. The van der Waals surface area contributed by atoms with Gasteiger partial charge in [-0.1, -0.05) is 18.2 Å². The lowest BCUT2D eigenvalue weighted by Gasteiger charge is -2.06. The van der Waals surface area contributed by atoms with Gasteiger partial charge in [-0.2, -0.15) is 0 Å². The molecule has 0 aliphatic rings. The lowest BCUT2D eigenvalue weighted by Crippen LogP contribution is -2.05. The lowest BCUT2D eigenvalue weighted by molar-refractivity contribution is 0.0988. The van der Waals surface area contributed by atoms with Gasteiger partial charge in [0.05, 0.1) is 0 Å². The van der Waals surface area contributed by atoms with Crippen LogP contribution in [0.2, 0.25) is 0 Å². The first-order valence-corrected chi connectivity index (χ1v) is 7.76. The molecule has 1 aromatic carbocycles. The zero-order chi connectivity index (χ0) is 16.4. The van der Waals surface area contributed by atoms with Gasteiger partial charge in [-0.25, -0.2) is 0 Å². The van der Waals surface area contributed by atoms with Crippen molar-refractivity contribution in [3.05, 3.63) is 84.6 Å². The quantitative estimate of drug-likeness (QED) is 0.578. The van der Waals surface area contributed by atoms with E-state index in [4.69, 9.17) is 0 Å². The molecule has 0 spiro atoms. The number of fused-ring (bicyclic) bond motifs is 1. The van der Waals surface area contributed by atoms with Crippen LogP contribution in [0.25, 0.3) is 22.0 Å². The minimum atomic E-state index is -0.00518. The molecule has 24 heavy (non-hydrogen) atoms. The summed E-state index contributed by atoms with van der Waals surface area (Å²) in [6.07, 6.45) is 7.42. The second-order valence-electron chi connectivity index (χ2n) is 5.64. The van der Waals surface area contributed by atoms with Crippen LogP contribution in [0, 0.1) is 0 Å². The first-order valence-electron chi connectivity index (χ1n) is 7.76. The van der Waals surface area contributed by atoms with Crippen LogP contribution in [-0.2, 0) is 6.42 Å². The molecule has 1 N–H and O–H groups in total. The van der Waals surface area contributed by atoms with Crippen LogP contribution in [0.15, 0.2) is 73.3 Å². The third-order valence-corrected chi connectivity index (χ3v) is 4.02. The second kappa shape index (κ2) is 6.08. The van der Waals surface area contributed by atoms with Crippen molar-refractivity contribution in [3.63, 3.8) is 0 Å². The molecule has 0 aliphatic carbocycles. The van der Waals surface area contributed by atoms with Crippen LogP contribution in [-0.4, -0.2) is 20.7 Å². The molecule has 0 bridgehead atoms. The molecule has 0 atom stereocenters. The lowest BCUT2D eigenvalue weighted by atomic mass is 10.0. The average Bonchev–Trinajstić information content (AvgIpc) is 3.11. The van der Waals surface area contributed by atoms with Gasteiger partial charge in [0.25, 0.3) is 0 Å². The largest absolute Gasteiger partial charge is 0.361 e. The van der Waals surface area contributed by atoms with Crippen LogP contribution in [0.4, 0.5) is 0 Å². The summed E-state index contributed by atoms with van der Waals surface area (Å²) in [5.74, 6) is -0.00518. The van der Waals surface area contributed by atoms with Gasteiger partial charge in [0, 0.05) is 47.7 Å². The summed E-state index contributed by atoms with van der Waals surface area (Å²) < 4.78 is 0. The molecule has 0 amide bonds. The Labute approximate surface area is 139 Å². The predicted molar refractivity (Wildman–Crippen MR) is 93.8 cm³/mol. The molecule has 0 aliphatic heterocycles. The number of aromatic nitrogens is 3. The van der Waals surface area contributed by atoms with Crippen LogP contribution in [0.1, 0.15) is 16.1 Å². The number of carbonyl (C=O) groups excluding carboxylic acids is 1. The molecule has 3 heterocycles. The van der Waals surface area contributed by atoms with Gasteiger partial charge in [-0.15, -0.1) is 0 Å². The van der Waals surface area contributed by atoms with E-state index < -0.39 is 0 Å². The highest BCUT2D eigenvalue weighted by Crippen LogP contribution is 2.28. The number of pyridine rings is 2. The number of H-pyrrole nitrogens is 1. The van der Waals surface area contributed by atoms with Crippen LogP contribution >= 0.6 is 0 Å². The summed E-state index contributed by atoms with van der Waals surface area (Å²) in [5.41, 5.74) is 4.56. The number of hydrogen-bond acceptors (Lipinski definition) is 3. The fourth-order valence-corrected chi connectivity index (χ4v) is 2.87. The highest BCUT2D eigenvalue weighted by Gasteiger charge is 2.10. The van der Waals surface area contributed by atoms with Gasteiger partial charge in [0.15, 0.2) is 5.78 Å². The first-order chi connectivity index (χ1) is 11.8. The van der Waals surface area contributed by atoms with E-state index in [0.29, 0.717) is 12.1 Å². The number of carbonyl (C=O) groups is 1. The number of benzene rings is 1. The Morgan fingerprint density at radius 2 is 2.00 bits per heavy atom. The molecule has 4 nitrogen and oxygen atoms in total. The van der Waals surface area contributed by atoms with E-state index in [1.807, 2.05) is 36.7 Å². The number of nitrogens with one attached hydrogen (secondary N) is 1. The molecule has 3 aromatic heterocycles. The number of Topliss-reactive ketones (excluding diaryl/α,β-unsaturated/α-hetero) is 1. The fourth-order valence-electron chi connectivity index (χ4n) is 2.87. The Hall–Kier alpha value is -3.27. The second-order valence-corrected chi connectivity index (χ2v) is 5.64. The maximum atomic E-state index is 12.3. The number of hydrogen-bond donors (Lipinski definition) is 1. The van der Waals surface area contributed by atoms with E-state index in [1.165, 1.54) is 0 Å². The Bertz CT molecular complexity index is 1010. The summed E-state index contributed by atoms with van der Waals surface area (Å²) in [5, 5.41) is 1.15. The minimum absolute atomic E-state index is 0.00518. The molecular weight excluding hydrogens is 298 g/mol. The molecule has 4 aromatic rings. The molecule has 0 fully saturated rings. The third-order valence-electron chi connectivity index (χ3n) is 4.02. The number of nitrogens with zero attached hydrogens (tertiary/aromatic N) is 2. The van der Waals surface area contributed by atoms with Crippen molar-refractivity contribution < 1.29 is 4.79 Å². The monoisotopic (exact) mass is 313 g/mol.